The number of amides is 2. The minimum atomic E-state index is -0.827. The van der Waals surface area contributed by atoms with Crippen LogP contribution in [0.25, 0.3) is 11.3 Å². The highest BCUT2D eigenvalue weighted by molar-refractivity contribution is 9.10. The summed E-state index contributed by atoms with van der Waals surface area (Å²) in [7, 11) is 0. The van der Waals surface area contributed by atoms with Crippen molar-refractivity contribution in [1.29, 1.82) is 0 Å². The third-order valence-corrected chi connectivity index (χ3v) is 5.64. The summed E-state index contributed by atoms with van der Waals surface area (Å²) in [6.07, 6.45) is 1.32. The maximum absolute atomic E-state index is 12.6. The molecule has 34 heavy (non-hydrogen) atoms. The number of nitro groups is 1. The molecule has 2 N–H and O–H groups in total. The predicted octanol–water partition coefficient (Wildman–Crippen LogP) is 5.18. The van der Waals surface area contributed by atoms with Gasteiger partial charge in [-0.2, -0.15) is 5.10 Å². The summed E-state index contributed by atoms with van der Waals surface area (Å²) in [4.78, 5) is 35.5. The predicted molar refractivity (Wildman–Crippen MR) is 132 cm³/mol. The van der Waals surface area contributed by atoms with E-state index in [0.717, 1.165) is 0 Å². The molecule has 2 aromatic carbocycles. The zero-order valence-corrected chi connectivity index (χ0v) is 20.5. The molecule has 0 fully saturated rings. The van der Waals surface area contributed by atoms with Crippen LogP contribution in [-0.4, -0.2) is 29.0 Å². The molecule has 1 unspecified atom stereocenters. The third kappa shape index (κ3) is 6.30. The highest BCUT2D eigenvalue weighted by atomic mass is 79.9. The summed E-state index contributed by atoms with van der Waals surface area (Å²) in [5.74, 6) is -0.308. The van der Waals surface area contributed by atoms with Gasteiger partial charge in [0.15, 0.2) is 0 Å². The number of nitrogens with one attached hydrogen (secondary N) is 2. The molecular formula is C23H20BrClN4O5. The van der Waals surface area contributed by atoms with Gasteiger partial charge in [-0.3, -0.25) is 19.7 Å². The Kier molecular flexibility index (Phi) is 8.19. The number of rotatable bonds is 8. The lowest BCUT2D eigenvalue weighted by molar-refractivity contribution is -0.384. The van der Waals surface area contributed by atoms with E-state index < -0.39 is 22.8 Å². The minimum Gasteiger partial charge on any atom is -0.455 e. The molecular weight excluding hydrogens is 528 g/mol. The number of nitro benzene ring substituents is 1. The standard InChI is InChI=1S/C23H20BrClN4O5/c1-13(2)21(27-22(30)14-4-3-5-15(25)10-14)23(31)28-26-12-17-7-9-20(34-17)18-8-6-16(29(32)33)11-19(18)24/h3-13,21H,1-2H3,(H,27,30)(H,28,31). The van der Waals surface area contributed by atoms with Crippen molar-refractivity contribution in [2.45, 2.75) is 19.9 Å². The summed E-state index contributed by atoms with van der Waals surface area (Å²) in [5.41, 5.74) is 3.32. The van der Waals surface area contributed by atoms with Crippen LogP contribution in [0.4, 0.5) is 5.69 Å². The van der Waals surface area contributed by atoms with Crippen molar-refractivity contribution in [2.24, 2.45) is 11.0 Å². The van der Waals surface area contributed by atoms with Crippen LogP contribution in [-0.2, 0) is 4.79 Å². The number of benzene rings is 2. The molecule has 11 heteroatoms. The number of furan rings is 1. The molecule has 0 saturated carbocycles. The van der Waals surface area contributed by atoms with Crippen LogP contribution >= 0.6 is 27.5 Å². The first kappa shape index (κ1) is 25.1. The molecule has 1 aromatic heterocycles. The fourth-order valence-electron chi connectivity index (χ4n) is 3.00. The molecule has 2 amide bonds. The van der Waals surface area contributed by atoms with Gasteiger partial charge in [0.05, 0.1) is 11.1 Å². The SMILES string of the molecule is CC(C)C(NC(=O)c1cccc(Cl)c1)C(=O)NN=Cc1ccc(-c2ccc([N+](=O)[O-])cc2Br)o1. The molecule has 0 aliphatic heterocycles. The zero-order chi connectivity index (χ0) is 24.8. The van der Waals surface area contributed by atoms with E-state index >= 15 is 0 Å². The Morgan fingerprint density at radius 1 is 1.18 bits per heavy atom. The smallest absolute Gasteiger partial charge is 0.270 e. The van der Waals surface area contributed by atoms with Gasteiger partial charge in [0.25, 0.3) is 17.5 Å². The number of carbonyl (C=O) groups excluding carboxylic acids is 2. The fraction of sp³-hybridized carbons (Fsp3) is 0.174. The van der Waals surface area contributed by atoms with Crippen molar-refractivity contribution in [3.8, 4) is 11.3 Å². The molecule has 0 radical (unpaired) electrons. The van der Waals surface area contributed by atoms with Gasteiger partial charge in [-0.1, -0.05) is 31.5 Å². The van der Waals surface area contributed by atoms with Crippen LogP contribution in [0.2, 0.25) is 5.02 Å². The summed E-state index contributed by atoms with van der Waals surface area (Å²) < 4.78 is 6.19. The number of non-ortho nitro benzene ring substituents is 1. The van der Waals surface area contributed by atoms with Crippen molar-refractivity contribution in [2.75, 3.05) is 0 Å². The number of halogens is 2. The van der Waals surface area contributed by atoms with Crippen LogP contribution in [0.3, 0.4) is 0 Å². The van der Waals surface area contributed by atoms with E-state index in [1.807, 2.05) is 0 Å². The second-order valence-corrected chi connectivity index (χ2v) is 8.85. The maximum atomic E-state index is 12.6. The number of hydrogen-bond acceptors (Lipinski definition) is 6. The Balaban J connectivity index is 1.65. The lowest BCUT2D eigenvalue weighted by atomic mass is 10.0. The first-order valence-corrected chi connectivity index (χ1v) is 11.3. The fourth-order valence-corrected chi connectivity index (χ4v) is 3.76. The molecule has 0 spiro atoms. The monoisotopic (exact) mass is 546 g/mol. The molecule has 1 atom stereocenters. The van der Waals surface area contributed by atoms with Gasteiger partial charge in [0.2, 0.25) is 0 Å². The van der Waals surface area contributed by atoms with Gasteiger partial charge >= 0.3 is 0 Å². The van der Waals surface area contributed by atoms with Crippen LogP contribution in [0, 0.1) is 16.0 Å². The quantitative estimate of drug-likeness (QED) is 0.228. The molecule has 3 aromatic rings. The van der Waals surface area contributed by atoms with Crippen molar-refractivity contribution in [3.05, 3.63) is 85.5 Å². The van der Waals surface area contributed by atoms with Crippen LogP contribution < -0.4 is 10.7 Å². The molecule has 176 valence electrons. The van der Waals surface area contributed by atoms with Crippen molar-refractivity contribution < 1.29 is 18.9 Å². The number of hydrogen-bond donors (Lipinski definition) is 2. The third-order valence-electron chi connectivity index (χ3n) is 4.74. The molecule has 3 rings (SSSR count). The Morgan fingerprint density at radius 3 is 2.59 bits per heavy atom. The van der Waals surface area contributed by atoms with E-state index in [0.29, 0.717) is 32.1 Å². The van der Waals surface area contributed by atoms with E-state index in [4.69, 9.17) is 16.0 Å². The Labute approximate surface area is 208 Å². The second kappa shape index (κ2) is 11.1. The topological polar surface area (TPSA) is 127 Å². The zero-order valence-electron chi connectivity index (χ0n) is 18.1. The van der Waals surface area contributed by atoms with Crippen LogP contribution in [0.1, 0.15) is 30.0 Å². The van der Waals surface area contributed by atoms with E-state index in [9.17, 15) is 19.7 Å². The highest BCUT2D eigenvalue weighted by Crippen LogP contribution is 2.32. The minimum absolute atomic E-state index is 0.0474. The molecule has 0 aliphatic rings. The molecule has 9 nitrogen and oxygen atoms in total. The largest absolute Gasteiger partial charge is 0.455 e. The summed E-state index contributed by atoms with van der Waals surface area (Å²) in [6.45, 7) is 3.60. The first-order chi connectivity index (χ1) is 16.2. The van der Waals surface area contributed by atoms with E-state index in [-0.39, 0.29) is 11.6 Å². The van der Waals surface area contributed by atoms with Gasteiger partial charge in [0.1, 0.15) is 17.6 Å². The summed E-state index contributed by atoms with van der Waals surface area (Å²) in [5, 5.41) is 17.9. The van der Waals surface area contributed by atoms with Gasteiger partial charge in [-0.15, -0.1) is 0 Å². The molecule has 0 aliphatic carbocycles. The van der Waals surface area contributed by atoms with Gasteiger partial charge in [0, 0.05) is 32.8 Å². The highest BCUT2D eigenvalue weighted by Gasteiger charge is 2.24. The van der Waals surface area contributed by atoms with Gasteiger partial charge in [-0.05, 0) is 58.2 Å². The van der Waals surface area contributed by atoms with Crippen molar-refractivity contribution in [3.63, 3.8) is 0 Å². The van der Waals surface area contributed by atoms with Crippen molar-refractivity contribution in [1.82, 2.24) is 10.7 Å². The lowest BCUT2D eigenvalue weighted by Gasteiger charge is -2.20. The van der Waals surface area contributed by atoms with Crippen LogP contribution in [0.15, 0.2) is 68.6 Å². The summed E-state index contributed by atoms with van der Waals surface area (Å²) >= 11 is 9.24. The van der Waals surface area contributed by atoms with Gasteiger partial charge < -0.3 is 9.73 Å². The average Bonchev–Trinajstić information content (AvgIpc) is 3.25. The van der Waals surface area contributed by atoms with Crippen molar-refractivity contribution >= 4 is 51.2 Å². The molecule has 0 bridgehead atoms. The van der Waals surface area contributed by atoms with E-state index in [1.54, 1.807) is 50.2 Å². The Bertz CT molecular complexity index is 1260. The average molecular weight is 548 g/mol. The molecule has 1 heterocycles. The Morgan fingerprint density at radius 2 is 1.94 bits per heavy atom. The number of hydrazone groups is 1. The van der Waals surface area contributed by atoms with Crippen LogP contribution in [0.5, 0.6) is 0 Å². The second-order valence-electron chi connectivity index (χ2n) is 7.56. The van der Waals surface area contributed by atoms with E-state index in [2.05, 4.69) is 31.8 Å². The lowest BCUT2D eigenvalue weighted by Crippen LogP contribution is -2.48. The molecule has 0 saturated heterocycles. The maximum Gasteiger partial charge on any atom is 0.270 e. The first-order valence-electron chi connectivity index (χ1n) is 10.1. The number of carbonyl (C=O) groups is 2. The summed E-state index contributed by atoms with van der Waals surface area (Å²) in [6, 6.07) is 13.2. The normalized spacial score (nSPS) is 12.0. The Hall–Kier alpha value is -3.50. The van der Waals surface area contributed by atoms with Gasteiger partial charge in [-0.25, -0.2) is 5.43 Å². The number of nitrogens with zero attached hydrogens (tertiary/aromatic N) is 2. The van der Waals surface area contributed by atoms with E-state index in [1.165, 1.54) is 24.4 Å².